The second kappa shape index (κ2) is 15.5. The van der Waals surface area contributed by atoms with Crippen LogP contribution in [0.4, 0.5) is 0 Å². The summed E-state index contributed by atoms with van der Waals surface area (Å²) >= 11 is 0. The molecule has 1 saturated heterocycles. The van der Waals surface area contributed by atoms with Crippen LogP contribution < -0.4 is 15.4 Å². The number of allylic oxidation sites excluding steroid dienone is 1. The number of nitrogens with one attached hydrogen (secondary N) is 3. The molecule has 4 N–H and O–H groups in total. The summed E-state index contributed by atoms with van der Waals surface area (Å²) in [5, 5.41) is 22.8. The van der Waals surface area contributed by atoms with Gasteiger partial charge in [0.1, 0.15) is 11.8 Å². The minimum atomic E-state index is -1.08. The van der Waals surface area contributed by atoms with Gasteiger partial charge >= 0.3 is 5.97 Å². The van der Waals surface area contributed by atoms with E-state index < -0.39 is 12.0 Å². The summed E-state index contributed by atoms with van der Waals surface area (Å²) in [6.45, 7) is 3.77. The number of hydrogen-bond donors (Lipinski definition) is 4. The third-order valence-corrected chi connectivity index (χ3v) is 7.12. The smallest absolute Gasteiger partial charge is 0.326 e. The summed E-state index contributed by atoms with van der Waals surface area (Å²) in [6, 6.07) is 14.1. The first-order valence-electron chi connectivity index (χ1n) is 13.8. The van der Waals surface area contributed by atoms with Crippen LogP contribution in [0.1, 0.15) is 49.3 Å². The molecule has 1 heterocycles. The van der Waals surface area contributed by atoms with E-state index in [0.29, 0.717) is 38.1 Å². The Bertz CT molecular complexity index is 1170. The molecule has 0 saturated carbocycles. The number of carboxylic acids is 1. The van der Waals surface area contributed by atoms with Gasteiger partial charge in [-0.1, -0.05) is 36.4 Å². The number of piperidine rings is 1. The fourth-order valence-electron chi connectivity index (χ4n) is 4.86. The number of carboxylic acid groups (broad SMARTS) is 1. The third kappa shape index (κ3) is 9.25. The number of aryl methyl sites for hydroxylation is 1. The summed E-state index contributed by atoms with van der Waals surface area (Å²) in [6.07, 6.45) is 5.92. The molecule has 214 valence electrons. The van der Waals surface area contributed by atoms with Crippen LogP contribution >= 0.6 is 0 Å². The van der Waals surface area contributed by atoms with Gasteiger partial charge < -0.3 is 30.8 Å². The highest BCUT2D eigenvalue weighted by Gasteiger charge is 2.26. The lowest BCUT2D eigenvalue weighted by Crippen LogP contribution is -2.44. The molecule has 3 rings (SSSR count). The Hall–Kier alpha value is -4.14. The Morgan fingerprint density at radius 3 is 2.30 bits per heavy atom. The molecule has 9 nitrogen and oxygen atoms in total. The van der Waals surface area contributed by atoms with E-state index in [9.17, 15) is 19.5 Å². The maximum Gasteiger partial charge on any atom is 0.326 e. The van der Waals surface area contributed by atoms with Gasteiger partial charge in [-0.15, -0.1) is 0 Å². The predicted octanol–water partition coefficient (Wildman–Crippen LogP) is 3.67. The Kier molecular flexibility index (Phi) is 11.7. The van der Waals surface area contributed by atoms with E-state index in [1.807, 2.05) is 60.4 Å². The zero-order chi connectivity index (χ0) is 28.9. The van der Waals surface area contributed by atoms with Gasteiger partial charge in [0.25, 0.3) is 0 Å². The summed E-state index contributed by atoms with van der Waals surface area (Å²) in [4.78, 5) is 39.1. The molecule has 1 atom stereocenters. The van der Waals surface area contributed by atoms with Gasteiger partial charge in [0.15, 0.2) is 0 Å². The molecule has 40 heavy (non-hydrogen) atoms. The van der Waals surface area contributed by atoms with Crippen LogP contribution in [0.3, 0.4) is 0 Å². The molecule has 2 aromatic rings. The maximum atomic E-state index is 12.7. The first kappa shape index (κ1) is 30.4. The minimum Gasteiger partial charge on any atom is -0.494 e. The summed E-state index contributed by atoms with van der Waals surface area (Å²) in [5.74, 6) is -0.318. The zero-order valence-electron chi connectivity index (χ0n) is 23.3. The van der Waals surface area contributed by atoms with Crippen molar-refractivity contribution in [1.82, 2.24) is 15.5 Å². The molecule has 0 spiro atoms. The van der Waals surface area contributed by atoms with Gasteiger partial charge in [0.2, 0.25) is 11.8 Å². The number of hydrogen-bond acceptors (Lipinski definition) is 6. The van der Waals surface area contributed by atoms with Crippen LogP contribution in [0.15, 0.2) is 54.7 Å². The van der Waals surface area contributed by atoms with E-state index >= 15 is 0 Å². The largest absolute Gasteiger partial charge is 0.494 e. The van der Waals surface area contributed by atoms with Crippen molar-refractivity contribution in [2.24, 2.45) is 5.92 Å². The lowest BCUT2D eigenvalue weighted by atomic mass is 9.92. The van der Waals surface area contributed by atoms with Crippen molar-refractivity contribution in [3.05, 3.63) is 71.4 Å². The van der Waals surface area contributed by atoms with Gasteiger partial charge in [-0.3, -0.25) is 9.59 Å². The highest BCUT2D eigenvalue weighted by molar-refractivity contribution is 6.08. The minimum absolute atomic E-state index is 0.113. The molecule has 9 heteroatoms. The number of likely N-dealkylation sites (tertiary alicyclic amines) is 1. The van der Waals surface area contributed by atoms with Gasteiger partial charge in [0.05, 0.1) is 6.61 Å². The summed E-state index contributed by atoms with van der Waals surface area (Å²) in [5.41, 5.74) is 3.42. The molecule has 0 aromatic heterocycles. The second-order valence-electron chi connectivity index (χ2n) is 10.00. The Balaban J connectivity index is 1.43. The summed E-state index contributed by atoms with van der Waals surface area (Å²) < 4.78 is 5.46. The van der Waals surface area contributed by atoms with Crippen LogP contribution in [0.2, 0.25) is 0 Å². The molecule has 0 bridgehead atoms. The van der Waals surface area contributed by atoms with Crippen molar-refractivity contribution in [2.75, 3.05) is 26.7 Å². The zero-order valence-corrected chi connectivity index (χ0v) is 23.3. The van der Waals surface area contributed by atoms with Gasteiger partial charge in [-0.25, -0.2) is 4.79 Å². The quantitative estimate of drug-likeness (QED) is 0.267. The van der Waals surface area contributed by atoms with Crippen LogP contribution in [-0.4, -0.2) is 66.8 Å². The predicted molar refractivity (Wildman–Crippen MR) is 155 cm³/mol. The number of aliphatic carboxylic acids is 1. The van der Waals surface area contributed by atoms with Crippen molar-refractivity contribution < 1.29 is 24.2 Å². The van der Waals surface area contributed by atoms with Crippen molar-refractivity contribution in [3.63, 3.8) is 0 Å². The normalized spacial score (nSPS) is 14.8. The van der Waals surface area contributed by atoms with Crippen LogP contribution in [0.5, 0.6) is 5.75 Å². The van der Waals surface area contributed by atoms with E-state index in [2.05, 4.69) is 10.6 Å². The van der Waals surface area contributed by atoms with Crippen molar-refractivity contribution >= 4 is 29.6 Å². The van der Waals surface area contributed by atoms with Crippen molar-refractivity contribution in [1.29, 1.82) is 5.41 Å². The molecule has 0 radical (unpaired) electrons. The van der Waals surface area contributed by atoms with Gasteiger partial charge in [-0.05, 0) is 60.9 Å². The molecule has 2 amide bonds. The number of ether oxygens (including phenoxy) is 1. The van der Waals surface area contributed by atoms with E-state index in [0.717, 1.165) is 35.3 Å². The standard InChI is InChI=1S/C31H40N4O5/c1-3-40-27-11-6-22(7-12-27)8-13-30(37)35-16-14-24(15-17-35)19-29(36)34-28(31(38)39)18-23-4-9-25(10-5-23)26(20-32)21-33-2/h4-7,9-12,20-21,24,28,32-33H,3,8,13-19H2,1-2H3,(H,34,36)(H,38,39)/b26-21+,32-20?/t28-/m0/s1. The lowest BCUT2D eigenvalue weighted by Gasteiger charge is -2.32. The molecule has 2 aromatic carbocycles. The van der Waals surface area contributed by atoms with Crippen molar-refractivity contribution in [3.8, 4) is 5.75 Å². The van der Waals surface area contributed by atoms with Crippen LogP contribution in [0.25, 0.3) is 5.57 Å². The lowest BCUT2D eigenvalue weighted by molar-refractivity contribution is -0.142. The number of rotatable bonds is 14. The number of carbonyl (C=O) groups excluding carboxylic acids is 2. The van der Waals surface area contributed by atoms with Crippen LogP contribution in [-0.2, 0) is 27.2 Å². The first-order valence-corrected chi connectivity index (χ1v) is 13.8. The van der Waals surface area contributed by atoms with E-state index in [1.165, 1.54) is 6.21 Å². The van der Waals surface area contributed by atoms with Crippen LogP contribution in [0, 0.1) is 11.3 Å². The Morgan fingerprint density at radius 1 is 1.07 bits per heavy atom. The second-order valence-corrected chi connectivity index (χ2v) is 10.00. The Morgan fingerprint density at radius 2 is 1.73 bits per heavy atom. The monoisotopic (exact) mass is 548 g/mol. The SMILES string of the molecule is CCOc1ccc(CCC(=O)N2CCC(CC(=O)N[C@@H](Cc3ccc(/C(C=N)=C/NC)cc3)C(=O)O)CC2)cc1. The molecular formula is C31H40N4O5. The summed E-state index contributed by atoms with van der Waals surface area (Å²) in [7, 11) is 1.76. The average molecular weight is 549 g/mol. The molecule has 0 unspecified atom stereocenters. The topological polar surface area (TPSA) is 132 Å². The third-order valence-electron chi connectivity index (χ3n) is 7.12. The average Bonchev–Trinajstić information content (AvgIpc) is 2.96. The molecule has 1 fully saturated rings. The van der Waals surface area contributed by atoms with E-state index in [1.54, 1.807) is 13.2 Å². The molecular weight excluding hydrogens is 508 g/mol. The maximum absolute atomic E-state index is 12.7. The Labute approximate surface area is 236 Å². The highest BCUT2D eigenvalue weighted by Crippen LogP contribution is 2.22. The van der Waals surface area contributed by atoms with E-state index in [-0.39, 0.29) is 30.6 Å². The van der Waals surface area contributed by atoms with Gasteiger partial charge in [-0.2, -0.15) is 0 Å². The number of amides is 2. The van der Waals surface area contributed by atoms with Gasteiger partial charge in [0, 0.05) is 57.4 Å². The van der Waals surface area contributed by atoms with Crippen molar-refractivity contribution in [2.45, 2.75) is 51.5 Å². The number of nitrogens with zero attached hydrogens (tertiary/aromatic N) is 1. The highest BCUT2D eigenvalue weighted by atomic mass is 16.5. The van der Waals surface area contributed by atoms with E-state index in [4.69, 9.17) is 10.1 Å². The number of benzene rings is 2. The fraction of sp³-hybridized carbons (Fsp3) is 0.419. The fourth-order valence-corrected chi connectivity index (χ4v) is 4.86. The molecule has 1 aliphatic rings. The molecule has 0 aliphatic carbocycles. The number of carbonyl (C=O) groups is 3. The molecule has 1 aliphatic heterocycles. The first-order chi connectivity index (χ1) is 19.3.